The number of amides is 1. The van der Waals surface area contributed by atoms with E-state index in [2.05, 4.69) is 5.32 Å². The largest absolute Gasteiger partial charge is 0.497 e. The van der Waals surface area contributed by atoms with Crippen LogP contribution in [0.5, 0.6) is 17.2 Å². The maximum absolute atomic E-state index is 13.0. The number of hydrogen-bond donors (Lipinski definition) is 1. The van der Waals surface area contributed by atoms with Crippen LogP contribution in [0.15, 0.2) is 41.3 Å². The molecule has 0 saturated heterocycles. The molecule has 0 heterocycles. The van der Waals surface area contributed by atoms with E-state index in [0.717, 1.165) is 4.31 Å². The van der Waals surface area contributed by atoms with Gasteiger partial charge in [-0.05, 0) is 42.8 Å². The Bertz CT molecular complexity index is 975. The number of anilines is 1. The van der Waals surface area contributed by atoms with E-state index in [1.54, 1.807) is 38.1 Å². The molecule has 1 N–H and O–H groups in total. The fourth-order valence-corrected chi connectivity index (χ4v) is 4.27. The number of benzene rings is 2. The predicted molar refractivity (Wildman–Crippen MR) is 110 cm³/mol. The van der Waals surface area contributed by atoms with Gasteiger partial charge in [-0.1, -0.05) is 6.92 Å². The molecule has 1 amide bonds. The van der Waals surface area contributed by atoms with Gasteiger partial charge in [-0.2, -0.15) is 4.31 Å². The molecule has 8 nitrogen and oxygen atoms in total. The number of rotatable bonds is 9. The average molecular weight is 423 g/mol. The number of aryl methyl sites for hydroxylation is 1. The fourth-order valence-electron chi connectivity index (χ4n) is 2.78. The van der Waals surface area contributed by atoms with Gasteiger partial charge in [-0.3, -0.25) is 4.79 Å². The first kappa shape index (κ1) is 22.5. The minimum Gasteiger partial charge on any atom is -0.497 e. The Hall–Kier alpha value is -2.78. The van der Waals surface area contributed by atoms with E-state index >= 15 is 0 Å². The number of carbonyl (C=O) groups is 1. The Morgan fingerprint density at radius 2 is 1.69 bits per heavy atom. The molecule has 158 valence electrons. The van der Waals surface area contributed by atoms with Gasteiger partial charge in [-0.15, -0.1) is 0 Å². The number of nitrogens with one attached hydrogen (secondary N) is 1. The van der Waals surface area contributed by atoms with Crippen molar-refractivity contribution in [2.45, 2.75) is 18.7 Å². The summed E-state index contributed by atoms with van der Waals surface area (Å²) < 4.78 is 42.6. The van der Waals surface area contributed by atoms with Crippen LogP contribution < -0.4 is 19.5 Å². The SMILES string of the molecule is CCN(CC(=O)Nc1ccc(OC)cc1OC)S(=O)(=O)c1ccc(OC)c(C)c1. The van der Waals surface area contributed by atoms with Crippen LogP contribution in [0.1, 0.15) is 12.5 Å². The van der Waals surface area contributed by atoms with E-state index in [0.29, 0.717) is 28.5 Å². The van der Waals surface area contributed by atoms with Crippen LogP contribution in [0.3, 0.4) is 0 Å². The summed E-state index contributed by atoms with van der Waals surface area (Å²) >= 11 is 0. The van der Waals surface area contributed by atoms with Crippen molar-refractivity contribution in [2.75, 3.05) is 39.7 Å². The molecule has 0 aliphatic rings. The van der Waals surface area contributed by atoms with Gasteiger partial charge in [0.25, 0.3) is 0 Å². The first-order chi connectivity index (χ1) is 13.8. The highest BCUT2D eigenvalue weighted by molar-refractivity contribution is 7.89. The van der Waals surface area contributed by atoms with Crippen LogP contribution in [0.2, 0.25) is 0 Å². The fraction of sp³-hybridized carbons (Fsp3) is 0.350. The van der Waals surface area contributed by atoms with E-state index in [-0.39, 0.29) is 18.0 Å². The Morgan fingerprint density at radius 3 is 2.24 bits per heavy atom. The zero-order valence-corrected chi connectivity index (χ0v) is 18.0. The van der Waals surface area contributed by atoms with Crippen molar-refractivity contribution in [1.82, 2.24) is 4.31 Å². The third kappa shape index (κ3) is 5.18. The molecule has 0 bridgehead atoms. The Kier molecular flexibility index (Phi) is 7.46. The topological polar surface area (TPSA) is 94.2 Å². The second-order valence-corrected chi connectivity index (χ2v) is 8.11. The molecule has 9 heteroatoms. The van der Waals surface area contributed by atoms with Gasteiger partial charge in [0.05, 0.1) is 38.5 Å². The molecule has 2 aromatic carbocycles. The number of likely N-dealkylation sites (N-methyl/N-ethyl adjacent to an activating group) is 1. The first-order valence-electron chi connectivity index (χ1n) is 8.93. The molecule has 0 aliphatic heterocycles. The summed E-state index contributed by atoms with van der Waals surface area (Å²) in [5.74, 6) is 1.10. The summed E-state index contributed by atoms with van der Waals surface area (Å²) in [5.41, 5.74) is 1.11. The molecule has 0 aliphatic carbocycles. The lowest BCUT2D eigenvalue weighted by Crippen LogP contribution is -2.37. The highest BCUT2D eigenvalue weighted by Gasteiger charge is 2.26. The highest BCUT2D eigenvalue weighted by Crippen LogP contribution is 2.29. The third-order valence-electron chi connectivity index (χ3n) is 4.36. The number of nitrogens with zero attached hydrogens (tertiary/aromatic N) is 1. The lowest BCUT2D eigenvalue weighted by atomic mass is 10.2. The van der Waals surface area contributed by atoms with Gasteiger partial charge in [-0.25, -0.2) is 8.42 Å². The number of sulfonamides is 1. The smallest absolute Gasteiger partial charge is 0.243 e. The van der Waals surface area contributed by atoms with Crippen molar-refractivity contribution in [3.05, 3.63) is 42.0 Å². The predicted octanol–water partition coefficient (Wildman–Crippen LogP) is 2.67. The molecule has 0 spiro atoms. The minimum atomic E-state index is -3.85. The molecular weight excluding hydrogens is 396 g/mol. The summed E-state index contributed by atoms with van der Waals surface area (Å²) in [4.78, 5) is 12.6. The van der Waals surface area contributed by atoms with Crippen LogP contribution in [0.4, 0.5) is 5.69 Å². The van der Waals surface area contributed by atoms with Crippen LogP contribution in [0, 0.1) is 6.92 Å². The monoisotopic (exact) mass is 422 g/mol. The summed E-state index contributed by atoms with van der Waals surface area (Å²) in [6, 6.07) is 9.53. The van der Waals surface area contributed by atoms with Crippen molar-refractivity contribution in [3.63, 3.8) is 0 Å². The lowest BCUT2D eigenvalue weighted by Gasteiger charge is -2.21. The van der Waals surface area contributed by atoms with E-state index in [9.17, 15) is 13.2 Å². The summed E-state index contributed by atoms with van der Waals surface area (Å²) in [5, 5.41) is 2.69. The number of methoxy groups -OCH3 is 3. The molecule has 0 atom stereocenters. The Balaban J connectivity index is 2.20. The molecule has 0 fully saturated rings. The zero-order valence-electron chi connectivity index (χ0n) is 17.2. The van der Waals surface area contributed by atoms with Gasteiger partial charge >= 0.3 is 0 Å². The van der Waals surface area contributed by atoms with Gasteiger partial charge in [0.1, 0.15) is 17.2 Å². The van der Waals surface area contributed by atoms with Gasteiger partial charge in [0.15, 0.2) is 0 Å². The quantitative estimate of drug-likeness (QED) is 0.668. The molecule has 29 heavy (non-hydrogen) atoms. The number of hydrogen-bond acceptors (Lipinski definition) is 6. The molecule has 2 rings (SSSR count). The first-order valence-corrected chi connectivity index (χ1v) is 10.4. The maximum atomic E-state index is 13.0. The highest BCUT2D eigenvalue weighted by atomic mass is 32.2. The van der Waals surface area contributed by atoms with E-state index in [1.807, 2.05) is 0 Å². The lowest BCUT2D eigenvalue weighted by molar-refractivity contribution is -0.116. The molecule has 0 unspecified atom stereocenters. The molecule has 0 saturated carbocycles. The van der Waals surface area contributed by atoms with Gasteiger partial charge in [0.2, 0.25) is 15.9 Å². The summed E-state index contributed by atoms with van der Waals surface area (Å²) in [6.07, 6.45) is 0. The Labute approximate surface area is 171 Å². The number of carbonyl (C=O) groups excluding carboxylic acids is 1. The van der Waals surface area contributed by atoms with Crippen molar-refractivity contribution < 1.29 is 27.4 Å². The van der Waals surface area contributed by atoms with Gasteiger partial charge < -0.3 is 19.5 Å². The van der Waals surface area contributed by atoms with Gasteiger partial charge in [0, 0.05) is 12.6 Å². The van der Waals surface area contributed by atoms with Crippen molar-refractivity contribution in [2.24, 2.45) is 0 Å². The minimum absolute atomic E-state index is 0.104. The second kappa shape index (κ2) is 9.62. The van der Waals surface area contributed by atoms with Crippen LogP contribution in [-0.2, 0) is 14.8 Å². The van der Waals surface area contributed by atoms with Crippen LogP contribution >= 0.6 is 0 Å². The summed E-state index contributed by atoms with van der Waals surface area (Å²) in [6.45, 7) is 3.24. The molecule has 0 radical (unpaired) electrons. The third-order valence-corrected chi connectivity index (χ3v) is 6.28. The van der Waals surface area contributed by atoms with Crippen molar-refractivity contribution in [1.29, 1.82) is 0 Å². The second-order valence-electron chi connectivity index (χ2n) is 6.18. The molecule has 0 aromatic heterocycles. The summed E-state index contributed by atoms with van der Waals surface area (Å²) in [7, 11) is 0.671. The average Bonchev–Trinajstić information content (AvgIpc) is 2.71. The molecule has 2 aromatic rings. The van der Waals surface area contributed by atoms with Crippen molar-refractivity contribution in [3.8, 4) is 17.2 Å². The van der Waals surface area contributed by atoms with E-state index in [1.165, 1.54) is 33.5 Å². The standard InChI is InChI=1S/C20H26N2O6S/c1-6-22(29(24,25)16-8-10-18(27-4)14(2)11-16)13-20(23)21-17-9-7-15(26-3)12-19(17)28-5/h7-12H,6,13H2,1-5H3,(H,21,23). The normalized spacial score (nSPS) is 11.2. The zero-order chi connectivity index (χ0) is 21.6. The van der Waals surface area contributed by atoms with E-state index in [4.69, 9.17) is 14.2 Å². The number of ether oxygens (including phenoxy) is 3. The van der Waals surface area contributed by atoms with Crippen LogP contribution in [0.25, 0.3) is 0 Å². The molecular formula is C20H26N2O6S. The van der Waals surface area contributed by atoms with Crippen molar-refractivity contribution >= 4 is 21.6 Å². The Morgan fingerprint density at radius 1 is 1.00 bits per heavy atom. The van der Waals surface area contributed by atoms with Crippen LogP contribution in [-0.4, -0.2) is 53.0 Å². The van der Waals surface area contributed by atoms with E-state index < -0.39 is 15.9 Å². The maximum Gasteiger partial charge on any atom is 0.243 e.